The number of hydrogen-bond acceptors (Lipinski definition) is 7. The third-order valence-corrected chi connectivity index (χ3v) is 18.7. The second kappa shape index (κ2) is 12.9. The minimum atomic E-state index is -2.29. The van der Waals surface area contributed by atoms with Crippen molar-refractivity contribution in [2.45, 2.75) is 109 Å². The van der Waals surface area contributed by atoms with Gasteiger partial charge in [-0.1, -0.05) is 71.9 Å². The lowest BCUT2D eigenvalue weighted by Crippen LogP contribution is -2.49. The molecule has 1 saturated carbocycles. The molecule has 0 radical (unpaired) electrons. The Hall–Kier alpha value is -2.74. The highest BCUT2D eigenvalue weighted by Crippen LogP contribution is 2.44. The molecule has 0 saturated heterocycles. The van der Waals surface area contributed by atoms with Crippen molar-refractivity contribution in [1.82, 2.24) is 19.7 Å². The number of carbonyl (C=O) groups excluding carboxylic acids is 1. The van der Waals surface area contributed by atoms with Crippen LogP contribution < -0.4 is 5.32 Å². The maximum absolute atomic E-state index is 16.5. The average molecular weight is 640 g/mol. The first-order valence-electron chi connectivity index (χ1n) is 15.5. The second-order valence-corrected chi connectivity index (χ2v) is 24.7. The summed E-state index contributed by atoms with van der Waals surface area (Å²) in [7, 11) is -4.35. The van der Waals surface area contributed by atoms with E-state index < -0.39 is 35.0 Å². The number of halogens is 1. The van der Waals surface area contributed by atoms with E-state index in [4.69, 9.17) is 8.85 Å². The number of rotatable bonds is 11. The van der Waals surface area contributed by atoms with Gasteiger partial charge < -0.3 is 14.2 Å². The summed E-state index contributed by atoms with van der Waals surface area (Å²) in [6, 6.07) is 11.0. The molecule has 44 heavy (non-hydrogen) atoms. The molecule has 1 fully saturated rings. The summed E-state index contributed by atoms with van der Waals surface area (Å²) in [6.45, 7) is 22.8. The fraction of sp³-hybridized carbons (Fsp3) is 0.576. The Morgan fingerprint density at radius 2 is 1.68 bits per heavy atom. The molecule has 0 spiro atoms. The molecule has 4 atom stereocenters. The largest absolute Gasteiger partial charge is 0.416 e. The van der Waals surface area contributed by atoms with E-state index in [1.165, 1.54) is 12.5 Å². The van der Waals surface area contributed by atoms with Crippen LogP contribution in [0.25, 0.3) is 0 Å². The van der Waals surface area contributed by atoms with Crippen LogP contribution in [0.2, 0.25) is 36.3 Å². The van der Waals surface area contributed by atoms with Crippen molar-refractivity contribution in [3.8, 4) is 0 Å². The summed E-state index contributed by atoms with van der Waals surface area (Å²) in [5.74, 6) is -0.159. The van der Waals surface area contributed by atoms with Crippen molar-refractivity contribution >= 4 is 28.2 Å². The molecule has 2 aromatic heterocycles. The van der Waals surface area contributed by atoms with E-state index >= 15 is 4.39 Å². The van der Waals surface area contributed by atoms with Gasteiger partial charge in [-0.15, -0.1) is 0 Å². The first-order chi connectivity index (χ1) is 20.4. The number of ketones is 1. The van der Waals surface area contributed by atoms with Crippen LogP contribution in [0.1, 0.15) is 69.6 Å². The van der Waals surface area contributed by atoms with E-state index in [9.17, 15) is 4.79 Å². The molecule has 4 rings (SSSR count). The van der Waals surface area contributed by atoms with Crippen LogP contribution in [-0.2, 0) is 15.4 Å². The smallest absolute Gasteiger partial charge is 0.218 e. The molecule has 0 bridgehead atoms. The van der Waals surface area contributed by atoms with E-state index in [1.807, 2.05) is 30.3 Å². The standard InChI is InChI=1S/C33H50FN5O3Si2/c1-32(2,3)43(7,8)41-21-24-18-27(28(34)30(24)42-44(9,10)33(4,5)6)37-31-25(19-35-22-36-31)29(40)26-16-17-39(38-26)20-23-14-12-11-13-15-23/h11-17,19,22,24,27-28,30H,18,20-21H2,1-10H3,(H,35,36,37)/t24-,27-,28-,30-/m1/s1. The lowest BCUT2D eigenvalue weighted by molar-refractivity contribution is 0.0551. The van der Waals surface area contributed by atoms with Crippen molar-refractivity contribution in [2.75, 3.05) is 11.9 Å². The summed E-state index contributed by atoms with van der Waals surface area (Å²) in [5, 5.41) is 7.75. The number of nitrogens with one attached hydrogen (secondary N) is 1. The number of hydrogen-bond donors (Lipinski definition) is 1. The van der Waals surface area contributed by atoms with Gasteiger partial charge in [0.25, 0.3) is 0 Å². The van der Waals surface area contributed by atoms with E-state index in [0.29, 0.717) is 25.4 Å². The Labute approximate surface area is 264 Å². The van der Waals surface area contributed by atoms with Crippen LogP contribution in [0.15, 0.2) is 55.1 Å². The van der Waals surface area contributed by atoms with Gasteiger partial charge in [0.05, 0.1) is 24.3 Å². The highest BCUT2D eigenvalue weighted by Gasteiger charge is 2.51. The zero-order valence-electron chi connectivity index (χ0n) is 28.0. The summed E-state index contributed by atoms with van der Waals surface area (Å²) in [4.78, 5) is 22.1. The molecular formula is C33H50FN5O3Si2. The van der Waals surface area contributed by atoms with E-state index in [-0.39, 0.29) is 33.0 Å². The van der Waals surface area contributed by atoms with Crippen LogP contribution in [0.3, 0.4) is 0 Å². The quantitative estimate of drug-likeness (QED) is 0.172. The first-order valence-corrected chi connectivity index (χ1v) is 21.4. The van der Waals surface area contributed by atoms with Crippen molar-refractivity contribution < 1.29 is 18.0 Å². The first kappa shape index (κ1) is 34.1. The van der Waals surface area contributed by atoms with Gasteiger partial charge >= 0.3 is 0 Å². The van der Waals surface area contributed by atoms with Gasteiger partial charge in [0.1, 0.15) is 24.0 Å². The maximum atomic E-state index is 16.5. The highest BCUT2D eigenvalue weighted by molar-refractivity contribution is 6.74. The molecule has 240 valence electrons. The van der Waals surface area contributed by atoms with Gasteiger partial charge in [0, 0.05) is 24.9 Å². The van der Waals surface area contributed by atoms with Gasteiger partial charge in [0.2, 0.25) is 5.78 Å². The molecule has 1 N–H and O–H groups in total. The van der Waals surface area contributed by atoms with Crippen molar-refractivity contribution in [3.05, 3.63) is 71.9 Å². The number of benzene rings is 1. The van der Waals surface area contributed by atoms with Crippen LogP contribution >= 0.6 is 0 Å². The Balaban J connectivity index is 1.55. The molecule has 0 aliphatic heterocycles. The number of alkyl halides is 1. The number of carbonyl (C=O) groups is 1. The van der Waals surface area contributed by atoms with E-state index in [2.05, 4.69) is 88.1 Å². The third-order valence-electron chi connectivity index (χ3n) is 9.76. The van der Waals surface area contributed by atoms with Crippen LogP contribution in [0.4, 0.5) is 10.2 Å². The third kappa shape index (κ3) is 7.73. The lowest BCUT2D eigenvalue weighted by Gasteiger charge is -2.41. The van der Waals surface area contributed by atoms with Crippen molar-refractivity contribution in [1.29, 1.82) is 0 Å². The predicted molar refractivity (Wildman–Crippen MR) is 179 cm³/mol. The number of anilines is 1. The van der Waals surface area contributed by atoms with Gasteiger partial charge in [-0.25, -0.2) is 14.4 Å². The maximum Gasteiger partial charge on any atom is 0.218 e. The van der Waals surface area contributed by atoms with Gasteiger partial charge in [0.15, 0.2) is 16.6 Å². The van der Waals surface area contributed by atoms with Crippen molar-refractivity contribution in [3.63, 3.8) is 0 Å². The van der Waals surface area contributed by atoms with Gasteiger partial charge in [-0.05, 0) is 54.3 Å². The van der Waals surface area contributed by atoms with Crippen LogP contribution in [0, 0.1) is 5.92 Å². The van der Waals surface area contributed by atoms with Crippen LogP contribution in [-0.4, -0.2) is 67.1 Å². The average Bonchev–Trinajstić information content (AvgIpc) is 3.51. The fourth-order valence-electron chi connectivity index (χ4n) is 4.86. The molecule has 0 amide bonds. The van der Waals surface area contributed by atoms with Gasteiger partial charge in [-0.2, -0.15) is 5.10 Å². The molecule has 11 heteroatoms. The Bertz CT molecular complexity index is 1420. The Morgan fingerprint density at radius 1 is 1.02 bits per heavy atom. The summed E-state index contributed by atoms with van der Waals surface area (Å²) >= 11 is 0. The molecule has 1 aromatic carbocycles. The molecular weight excluding hydrogens is 590 g/mol. The molecule has 1 aliphatic rings. The topological polar surface area (TPSA) is 91.2 Å². The molecule has 3 aromatic rings. The van der Waals surface area contributed by atoms with Crippen molar-refractivity contribution in [2.24, 2.45) is 5.92 Å². The Kier molecular flexibility index (Phi) is 10.0. The SMILES string of the molecule is CC(C)(C)[Si](C)(C)OC[C@H]1C[C@@H](Nc2ncncc2C(=O)c2ccn(Cc3ccccc3)n2)[C@@H](F)[C@@H]1O[Si](C)(C)C(C)(C)C. The highest BCUT2D eigenvalue weighted by atomic mass is 28.4. The minimum absolute atomic E-state index is 0.0401. The zero-order valence-corrected chi connectivity index (χ0v) is 30.0. The Morgan fingerprint density at radius 3 is 2.32 bits per heavy atom. The monoisotopic (exact) mass is 639 g/mol. The number of aromatic nitrogens is 4. The fourth-order valence-corrected chi connectivity index (χ4v) is 7.28. The van der Waals surface area contributed by atoms with Crippen LogP contribution in [0.5, 0.6) is 0 Å². The normalized spacial score (nSPS) is 21.4. The minimum Gasteiger partial charge on any atom is -0.416 e. The zero-order chi connectivity index (χ0) is 32.5. The van der Waals surface area contributed by atoms with Gasteiger partial charge in [-0.3, -0.25) is 9.48 Å². The second-order valence-electron chi connectivity index (χ2n) is 15.1. The summed E-state index contributed by atoms with van der Waals surface area (Å²) < 4.78 is 31.6. The molecule has 1 aliphatic carbocycles. The molecule has 0 unspecified atom stereocenters. The number of nitrogens with zero attached hydrogens (tertiary/aromatic N) is 4. The summed E-state index contributed by atoms with van der Waals surface area (Å²) in [6.07, 6.45) is 3.20. The summed E-state index contributed by atoms with van der Waals surface area (Å²) in [5.41, 5.74) is 1.62. The molecule has 2 heterocycles. The van der Waals surface area contributed by atoms with E-state index in [0.717, 1.165) is 5.56 Å². The lowest BCUT2D eigenvalue weighted by atomic mass is 10.1. The molecule has 8 nitrogen and oxygen atoms in total. The predicted octanol–water partition coefficient (Wildman–Crippen LogP) is 7.50. The van der Waals surface area contributed by atoms with E-state index in [1.54, 1.807) is 16.9 Å².